The summed E-state index contributed by atoms with van der Waals surface area (Å²) < 4.78 is 4.98. The van der Waals surface area contributed by atoms with Crippen molar-refractivity contribution in [2.24, 2.45) is 5.10 Å². The minimum atomic E-state index is 0.349. The van der Waals surface area contributed by atoms with E-state index in [0.717, 1.165) is 24.1 Å². The number of ether oxygens (including phenoxy) is 1. The smallest absolute Gasteiger partial charge is 0.279 e. The monoisotopic (exact) mass is 262 g/mol. The Hall–Kier alpha value is -1.68. The van der Waals surface area contributed by atoms with Crippen LogP contribution in [0.15, 0.2) is 48.1 Å². The van der Waals surface area contributed by atoms with Gasteiger partial charge in [-0.1, -0.05) is 36.4 Å². The fourth-order valence-corrected chi connectivity index (χ4v) is 1.52. The third-order valence-electron chi connectivity index (χ3n) is 2.40. The second-order valence-electron chi connectivity index (χ2n) is 3.73. The maximum Gasteiger partial charge on any atom is 0.279 e. The van der Waals surface area contributed by atoms with E-state index in [0.29, 0.717) is 5.17 Å². The highest BCUT2D eigenvalue weighted by Crippen LogP contribution is 2.08. The van der Waals surface area contributed by atoms with Gasteiger partial charge in [-0.05, 0) is 30.6 Å². The van der Waals surface area contributed by atoms with Crippen molar-refractivity contribution in [3.05, 3.63) is 48.6 Å². The molecule has 0 saturated heterocycles. The quantitative estimate of drug-likeness (QED) is 0.352. The molecule has 4 heteroatoms. The summed E-state index contributed by atoms with van der Waals surface area (Å²) >= 11 is 5.04. The molecule has 0 radical (unpaired) electrons. The number of allylic oxidation sites excluding steroid dienone is 1. The summed E-state index contributed by atoms with van der Waals surface area (Å²) in [6.45, 7) is 3.74. The molecule has 0 heterocycles. The van der Waals surface area contributed by atoms with E-state index in [1.165, 1.54) is 0 Å². The Morgan fingerprint density at radius 2 is 2.11 bits per heavy atom. The summed E-state index contributed by atoms with van der Waals surface area (Å²) in [4.78, 5) is 0. The third kappa shape index (κ3) is 4.30. The lowest BCUT2D eigenvalue weighted by atomic mass is 10.1. The van der Waals surface area contributed by atoms with Gasteiger partial charge in [-0.25, -0.2) is 5.01 Å². The predicted molar refractivity (Wildman–Crippen MR) is 79.8 cm³/mol. The van der Waals surface area contributed by atoms with Gasteiger partial charge in [0.1, 0.15) is 0 Å². The molecule has 0 aliphatic heterocycles. The molecule has 0 fully saturated rings. The molecule has 1 aromatic carbocycles. The average Bonchev–Trinajstić information content (AvgIpc) is 2.43. The molecule has 0 unspecified atom stereocenters. The van der Waals surface area contributed by atoms with Gasteiger partial charge in [0.25, 0.3) is 5.17 Å². The first-order valence-electron chi connectivity index (χ1n) is 5.74. The summed E-state index contributed by atoms with van der Waals surface area (Å²) in [6, 6.07) is 10.0. The maximum atomic E-state index is 5.04. The van der Waals surface area contributed by atoms with E-state index >= 15 is 0 Å². The molecular weight excluding hydrogens is 244 g/mol. The Bertz CT molecular complexity index is 429. The molecule has 1 rings (SSSR count). The van der Waals surface area contributed by atoms with Gasteiger partial charge >= 0.3 is 0 Å². The van der Waals surface area contributed by atoms with Gasteiger partial charge in [-0.3, -0.25) is 0 Å². The van der Waals surface area contributed by atoms with E-state index in [1.807, 2.05) is 36.4 Å². The van der Waals surface area contributed by atoms with Crippen molar-refractivity contribution in [3.8, 4) is 0 Å². The number of benzene rings is 1. The van der Waals surface area contributed by atoms with Crippen molar-refractivity contribution in [3.63, 3.8) is 0 Å². The molecule has 96 valence electrons. The number of rotatable bonds is 5. The molecule has 1 aromatic rings. The highest BCUT2D eigenvalue weighted by atomic mass is 32.1. The molecule has 0 aliphatic rings. The summed E-state index contributed by atoms with van der Waals surface area (Å²) in [7, 11) is 3.32. The van der Waals surface area contributed by atoms with Crippen LogP contribution in [0.2, 0.25) is 0 Å². The van der Waals surface area contributed by atoms with Gasteiger partial charge in [0, 0.05) is 7.05 Å². The van der Waals surface area contributed by atoms with E-state index < -0.39 is 0 Å². The third-order valence-corrected chi connectivity index (χ3v) is 2.83. The first-order valence-corrected chi connectivity index (χ1v) is 6.15. The summed E-state index contributed by atoms with van der Waals surface area (Å²) in [5.74, 6) is 0. The van der Waals surface area contributed by atoms with Gasteiger partial charge in [-0.15, -0.1) is 6.58 Å². The molecule has 18 heavy (non-hydrogen) atoms. The normalized spacial score (nSPS) is 10.9. The zero-order chi connectivity index (χ0) is 13.4. The Labute approximate surface area is 114 Å². The van der Waals surface area contributed by atoms with Gasteiger partial charge in [-0.2, -0.15) is 5.10 Å². The molecule has 0 N–H and O–H groups in total. The molecule has 0 aromatic heterocycles. The van der Waals surface area contributed by atoms with Crippen LogP contribution in [0.25, 0.3) is 0 Å². The van der Waals surface area contributed by atoms with Crippen molar-refractivity contribution in [2.45, 2.75) is 12.8 Å². The largest absolute Gasteiger partial charge is 0.473 e. The standard InChI is InChI=1S/C14H18N2OS/c1-4-5-11-13(12-9-7-6-8-10-12)15-16(2)14(18)17-3/h4,6-10H,1,5,11H2,2-3H3/b15-13+. The Morgan fingerprint density at radius 1 is 1.44 bits per heavy atom. The lowest BCUT2D eigenvalue weighted by Crippen LogP contribution is -2.22. The average molecular weight is 262 g/mol. The van der Waals surface area contributed by atoms with Crippen molar-refractivity contribution in [1.82, 2.24) is 5.01 Å². The summed E-state index contributed by atoms with van der Waals surface area (Å²) in [6.07, 6.45) is 3.58. The minimum absolute atomic E-state index is 0.349. The van der Waals surface area contributed by atoms with E-state index in [-0.39, 0.29) is 0 Å². The van der Waals surface area contributed by atoms with Crippen molar-refractivity contribution < 1.29 is 4.74 Å². The van der Waals surface area contributed by atoms with Crippen LogP contribution in [0.3, 0.4) is 0 Å². The Kier molecular flexibility index (Phi) is 6.08. The van der Waals surface area contributed by atoms with Crippen molar-refractivity contribution >= 4 is 23.1 Å². The SMILES string of the molecule is C=CCC/C(=N\N(C)C(=S)OC)c1ccccc1. The number of thiocarbonyl (C=S) groups is 1. The molecule has 0 amide bonds. The highest BCUT2D eigenvalue weighted by molar-refractivity contribution is 7.79. The van der Waals surface area contributed by atoms with Crippen LogP contribution in [0.4, 0.5) is 0 Å². The minimum Gasteiger partial charge on any atom is -0.473 e. The van der Waals surface area contributed by atoms with Crippen LogP contribution in [-0.2, 0) is 4.74 Å². The van der Waals surface area contributed by atoms with Crippen LogP contribution < -0.4 is 0 Å². The highest BCUT2D eigenvalue weighted by Gasteiger charge is 2.07. The molecule has 0 spiro atoms. The summed E-state index contributed by atoms with van der Waals surface area (Å²) in [5.41, 5.74) is 2.06. The topological polar surface area (TPSA) is 24.8 Å². The van der Waals surface area contributed by atoms with Crippen LogP contribution in [-0.4, -0.2) is 30.1 Å². The van der Waals surface area contributed by atoms with Crippen LogP contribution >= 0.6 is 12.2 Å². The first kappa shape index (κ1) is 14.4. The number of methoxy groups -OCH3 is 1. The fourth-order valence-electron chi connectivity index (χ4n) is 1.48. The molecule has 0 atom stereocenters. The second-order valence-corrected chi connectivity index (χ2v) is 4.08. The van der Waals surface area contributed by atoms with Crippen LogP contribution in [0.1, 0.15) is 18.4 Å². The molecule has 0 aliphatic carbocycles. The van der Waals surface area contributed by atoms with Crippen molar-refractivity contribution in [2.75, 3.05) is 14.2 Å². The zero-order valence-corrected chi connectivity index (χ0v) is 11.6. The number of hydrazone groups is 1. The lowest BCUT2D eigenvalue weighted by molar-refractivity contribution is 0.329. The Morgan fingerprint density at radius 3 is 2.67 bits per heavy atom. The summed E-state index contributed by atoms with van der Waals surface area (Å²) in [5, 5.41) is 6.41. The van der Waals surface area contributed by atoms with E-state index in [4.69, 9.17) is 17.0 Å². The predicted octanol–water partition coefficient (Wildman–Crippen LogP) is 3.22. The van der Waals surface area contributed by atoms with Crippen molar-refractivity contribution in [1.29, 1.82) is 0 Å². The van der Waals surface area contributed by atoms with E-state index in [2.05, 4.69) is 11.7 Å². The zero-order valence-electron chi connectivity index (χ0n) is 10.8. The lowest BCUT2D eigenvalue weighted by Gasteiger charge is -2.15. The van der Waals surface area contributed by atoms with Crippen LogP contribution in [0, 0.1) is 0 Å². The molecule has 0 bridgehead atoms. The van der Waals surface area contributed by atoms with E-state index in [1.54, 1.807) is 19.2 Å². The van der Waals surface area contributed by atoms with E-state index in [9.17, 15) is 0 Å². The maximum absolute atomic E-state index is 5.04. The number of nitrogens with zero attached hydrogens (tertiary/aromatic N) is 2. The Balaban J connectivity index is 2.94. The molecule has 0 saturated carbocycles. The van der Waals surface area contributed by atoms with Gasteiger partial charge in [0.15, 0.2) is 0 Å². The van der Waals surface area contributed by atoms with Gasteiger partial charge < -0.3 is 4.74 Å². The molecular formula is C14H18N2OS. The second kappa shape index (κ2) is 7.61. The van der Waals surface area contributed by atoms with Crippen LogP contribution in [0.5, 0.6) is 0 Å². The number of hydrogen-bond acceptors (Lipinski definition) is 3. The molecule has 3 nitrogen and oxygen atoms in total. The van der Waals surface area contributed by atoms with Gasteiger partial charge in [0.2, 0.25) is 0 Å². The fraction of sp³-hybridized carbons (Fsp3) is 0.286. The first-order chi connectivity index (χ1) is 8.69. The van der Waals surface area contributed by atoms with Gasteiger partial charge in [0.05, 0.1) is 12.8 Å². The number of hydrogen-bond donors (Lipinski definition) is 0.